The van der Waals surface area contributed by atoms with E-state index >= 15 is 0 Å². The van der Waals surface area contributed by atoms with Crippen LogP contribution in [0.2, 0.25) is 5.15 Å². The molecule has 98 valence electrons. The molecule has 5 heteroatoms. The molecule has 1 aromatic carbocycles. The molecule has 0 N–H and O–H groups in total. The van der Waals surface area contributed by atoms with E-state index in [1.165, 1.54) is 3.57 Å². The molecular weight excluding hydrogens is 375 g/mol. The average Bonchev–Trinajstić information content (AvgIpc) is 3.21. The number of ether oxygens (including phenoxy) is 1. The largest absolute Gasteiger partial charge is 0.439 e. The van der Waals surface area contributed by atoms with Crippen LogP contribution in [0.25, 0.3) is 0 Å². The second-order valence-corrected chi connectivity index (χ2v) is 6.24. The van der Waals surface area contributed by atoms with Gasteiger partial charge in [-0.1, -0.05) is 11.6 Å². The molecule has 0 bridgehead atoms. The molecule has 0 aliphatic heterocycles. The Hall–Kier alpha value is -0.880. The summed E-state index contributed by atoms with van der Waals surface area (Å²) in [4.78, 5) is 8.82. The van der Waals surface area contributed by atoms with Gasteiger partial charge in [0, 0.05) is 15.1 Å². The van der Waals surface area contributed by atoms with E-state index < -0.39 is 0 Å². The number of aromatic nitrogens is 2. The molecule has 0 radical (unpaired) electrons. The van der Waals surface area contributed by atoms with E-state index in [0.29, 0.717) is 17.0 Å². The van der Waals surface area contributed by atoms with Gasteiger partial charge in [0.15, 0.2) is 0 Å². The lowest BCUT2D eigenvalue weighted by Gasteiger charge is -2.10. The molecular formula is C14H12ClIN2O. The molecule has 1 fully saturated rings. The van der Waals surface area contributed by atoms with E-state index in [1.54, 1.807) is 0 Å². The number of halogens is 2. The van der Waals surface area contributed by atoms with Crippen molar-refractivity contribution in [1.29, 1.82) is 0 Å². The summed E-state index contributed by atoms with van der Waals surface area (Å²) in [6, 6.07) is 7.84. The summed E-state index contributed by atoms with van der Waals surface area (Å²) >= 11 is 8.41. The van der Waals surface area contributed by atoms with Crippen LogP contribution in [-0.2, 0) is 0 Å². The Morgan fingerprint density at radius 1 is 1.21 bits per heavy atom. The van der Waals surface area contributed by atoms with E-state index in [9.17, 15) is 0 Å². The summed E-state index contributed by atoms with van der Waals surface area (Å²) in [6.07, 6.45) is 2.28. The van der Waals surface area contributed by atoms with Crippen LogP contribution in [-0.4, -0.2) is 9.97 Å². The predicted molar refractivity (Wildman–Crippen MR) is 83.0 cm³/mol. The second-order valence-electron chi connectivity index (χ2n) is 4.63. The van der Waals surface area contributed by atoms with Crippen LogP contribution in [0.15, 0.2) is 24.3 Å². The van der Waals surface area contributed by atoms with Gasteiger partial charge in [-0.2, -0.15) is 4.98 Å². The van der Waals surface area contributed by atoms with E-state index in [1.807, 2.05) is 31.2 Å². The first-order valence-electron chi connectivity index (χ1n) is 6.11. The lowest BCUT2D eigenvalue weighted by atomic mass is 10.3. The minimum Gasteiger partial charge on any atom is -0.439 e. The molecule has 3 rings (SSSR count). The first-order valence-corrected chi connectivity index (χ1v) is 7.56. The second kappa shape index (κ2) is 5.25. The van der Waals surface area contributed by atoms with Crippen LogP contribution in [0.5, 0.6) is 11.6 Å². The zero-order valence-corrected chi connectivity index (χ0v) is 13.3. The molecule has 0 atom stereocenters. The summed E-state index contributed by atoms with van der Waals surface area (Å²) in [7, 11) is 0. The number of nitrogens with zero attached hydrogens (tertiary/aromatic N) is 2. The fourth-order valence-electron chi connectivity index (χ4n) is 1.72. The molecule has 1 saturated carbocycles. The van der Waals surface area contributed by atoms with Crippen LogP contribution in [0, 0.1) is 10.5 Å². The van der Waals surface area contributed by atoms with Crippen molar-refractivity contribution in [1.82, 2.24) is 9.97 Å². The van der Waals surface area contributed by atoms with Crippen molar-refractivity contribution < 1.29 is 4.74 Å². The van der Waals surface area contributed by atoms with Gasteiger partial charge in [-0.25, -0.2) is 4.98 Å². The van der Waals surface area contributed by atoms with Crippen molar-refractivity contribution in [3.05, 3.63) is 44.4 Å². The van der Waals surface area contributed by atoms with Crippen LogP contribution >= 0.6 is 34.2 Å². The van der Waals surface area contributed by atoms with E-state index in [-0.39, 0.29) is 0 Å². The minimum absolute atomic E-state index is 0.456. The molecule has 1 heterocycles. The molecule has 0 saturated heterocycles. The molecule has 3 nitrogen and oxygen atoms in total. The smallest absolute Gasteiger partial charge is 0.226 e. The van der Waals surface area contributed by atoms with Crippen molar-refractivity contribution in [3.63, 3.8) is 0 Å². The van der Waals surface area contributed by atoms with Crippen LogP contribution in [0.3, 0.4) is 0 Å². The fourth-order valence-corrected chi connectivity index (χ4v) is 2.25. The lowest BCUT2D eigenvalue weighted by Crippen LogP contribution is -2.00. The highest BCUT2D eigenvalue weighted by molar-refractivity contribution is 14.1. The summed E-state index contributed by atoms with van der Waals surface area (Å²) in [5, 5.41) is 0.484. The summed E-state index contributed by atoms with van der Waals surface area (Å²) in [6.45, 7) is 1.88. The van der Waals surface area contributed by atoms with Crippen LogP contribution in [0.1, 0.15) is 30.1 Å². The highest BCUT2D eigenvalue weighted by atomic mass is 127. The monoisotopic (exact) mass is 386 g/mol. The maximum absolute atomic E-state index is 6.15. The quantitative estimate of drug-likeness (QED) is 0.566. The third kappa shape index (κ3) is 3.00. The molecule has 19 heavy (non-hydrogen) atoms. The molecule has 0 unspecified atom stereocenters. The Morgan fingerprint density at radius 2 is 1.89 bits per heavy atom. The van der Waals surface area contributed by atoms with Gasteiger partial charge >= 0.3 is 0 Å². The van der Waals surface area contributed by atoms with Gasteiger partial charge in [-0.3, -0.25) is 0 Å². The summed E-state index contributed by atoms with van der Waals surface area (Å²) in [5.41, 5.74) is 0.782. The zero-order chi connectivity index (χ0) is 13.4. The Balaban J connectivity index is 1.92. The van der Waals surface area contributed by atoms with E-state index in [0.717, 1.165) is 30.0 Å². The maximum Gasteiger partial charge on any atom is 0.226 e. The number of benzene rings is 1. The van der Waals surface area contributed by atoms with E-state index in [2.05, 4.69) is 32.6 Å². The number of hydrogen-bond acceptors (Lipinski definition) is 3. The van der Waals surface area contributed by atoms with E-state index in [4.69, 9.17) is 16.3 Å². The highest BCUT2D eigenvalue weighted by Crippen LogP contribution is 2.40. The number of hydrogen-bond donors (Lipinski definition) is 0. The average molecular weight is 387 g/mol. The van der Waals surface area contributed by atoms with Crippen molar-refractivity contribution in [2.75, 3.05) is 0 Å². The first kappa shape index (κ1) is 13.1. The van der Waals surface area contributed by atoms with Gasteiger partial charge in [-0.15, -0.1) is 0 Å². The van der Waals surface area contributed by atoms with Crippen LogP contribution in [0.4, 0.5) is 0 Å². The van der Waals surface area contributed by atoms with Gasteiger partial charge in [0.05, 0.1) is 0 Å². The van der Waals surface area contributed by atoms with Gasteiger partial charge in [0.2, 0.25) is 5.88 Å². The SMILES string of the molecule is Cc1c(Cl)nc(C2CC2)nc1Oc1ccc(I)cc1. The standard InChI is InChI=1S/C14H12ClIN2O/c1-8-12(15)17-13(9-2-3-9)18-14(8)19-11-6-4-10(16)5-7-11/h4-7,9H,2-3H2,1H3. The van der Waals surface area contributed by atoms with Gasteiger partial charge in [0.25, 0.3) is 0 Å². The van der Waals surface area contributed by atoms with Gasteiger partial charge in [-0.05, 0) is 66.6 Å². The molecule has 1 aliphatic carbocycles. The molecule has 0 spiro atoms. The van der Waals surface area contributed by atoms with Crippen molar-refractivity contribution >= 4 is 34.2 Å². The zero-order valence-electron chi connectivity index (χ0n) is 10.4. The molecule has 1 aromatic heterocycles. The topological polar surface area (TPSA) is 35.0 Å². The fraction of sp³-hybridized carbons (Fsp3) is 0.286. The molecule has 1 aliphatic rings. The summed E-state index contributed by atoms with van der Waals surface area (Å²) < 4.78 is 6.99. The minimum atomic E-state index is 0.456. The third-order valence-electron chi connectivity index (χ3n) is 3.03. The Labute approximate surface area is 130 Å². The highest BCUT2D eigenvalue weighted by Gasteiger charge is 2.28. The summed E-state index contributed by atoms with van der Waals surface area (Å²) in [5.74, 6) is 2.58. The van der Waals surface area contributed by atoms with Crippen molar-refractivity contribution in [2.24, 2.45) is 0 Å². The van der Waals surface area contributed by atoms with Crippen LogP contribution < -0.4 is 4.74 Å². The molecule has 0 amide bonds. The normalized spacial score (nSPS) is 14.5. The van der Waals surface area contributed by atoms with Gasteiger partial charge < -0.3 is 4.74 Å². The van der Waals surface area contributed by atoms with Crippen molar-refractivity contribution in [2.45, 2.75) is 25.7 Å². The predicted octanol–water partition coefficient (Wildman–Crippen LogP) is 4.71. The number of rotatable bonds is 3. The Bertz CT molecular complexity index is 612. The van der Waals surface area contributed by atoms with Gasteiger partial charge in [0.1, 0.15) is 16.7 Å². The third-order valence-corrected chi connectivity index (χ3v) is 4.12. The van der Waals surface area contributed by atoms with Crippen molar-refractivity contribution in [3.8, 4) is 11.6 Å². The Kier molecular flexibility index (Phi) is 3.62. The lowest BCUT2D eigenvalue weighted by molar-refractivity contribution is 0.454. The Morgan fingerprint density at radius 3 is 2.53 bits per heavy atom. The maximum atomic E-state index is 6.15. The first-order chi connectivity index (χ1) is 9.13. The molecule has 2 aromatic rings.